The third kappa shape index (κ3) is 4.42. The molecule has 7 heteroatoms. The van der Waals surface area contributed by atoms with E-state index in [1.807, 2.05) is 0 Å². The topological polar surface area (TPSA) is 66.4 Å². The molecule has 1 fully saturated rings. The molecule has 2 atom stereocenters. The highest BCUT2D eigenvalue weighted by atomic mass is 79.9. The predicted molar refractivity (Wildman–Crippen MR) is 86.9 cm³/mol. The molecule has 4 nitrogen and oxygen atoms in total. The molecule has 0 bridgehead atoms. The van der Waals surface area contributed by atoms with Gasteiger partial charge in [0.1, 0.15) is 4.90 Å². The number of sulfonamides is 1. The first-order chi connectivity index (χ1) is 9.94. The van der Waals surface area contributed by atoms with Gasteiger partial charge in [0.25, 0.3) is 0 Å². The summed E-state index contributed by atoms with van der Waals surface area (Å²) in [5.74, 6) is -0.0310. The van der Waals surface area contributed by atoms with Crippen LogP contribution in [0.2, 0.25) is 5.02 Å². The van der Waals surface area contributed by atoms with Gasteiger partial charge in [-0.05, 0) is 37.0 Å². The summed E-state index contributed by atoms with van der Waals surface area (Å²) in [6, 6.07) is 4.46. The maximum atomic E-state index is 12.5. The van der Waals surface area contributed by atoms with E-state index in [9.17, 15) is 13.5 Å². The highest BCUT2D eigenvalue weighted by Crippen LogP contribution is 2.28. The highest BCUT2D eigenvalue weighted by molar-refractivity contribution is 9.10. The molecule has 1 saturated carbocycles. The van der Waals surface area contributed by atoms with Crippen molar-refractivity contribution in [3.05, 3.63) is 27.7 Å². The van der Waals surface area contributed by atoms with Crippen LogP contribution in [0.5, 0.6) is 0 Å². The molecule has 2 N–H and O–H groups in total. The van der Waals surface area contributed by atoms with E-state index in [2.05, 4.69) is 20.7 Å². The van der Waals surface area contributed by atoms with Crippen molar-refractivity contribution in [1.82, 2.24) is 4.72 Å². The summed E-state index contributed by atoms with van der Waals surface area (Å²) < 4.78 is 28.5. The molecule has 0 aliphatic heterocycles. The van der Waals surface area contributed by atoms with Crippen LogP contribution in [0.1, 0.15) is 32.1 Å². The molecule has 118 valence electrons. The van der Waals surface area contributed by atoms with Crippen LogP contribution in [0.3, 0.4) is 0 Å². The van der Waals surface area contributed by atoms with Gasteiger partial charge in [0.2, 0.25) is 10.0 Å². The number of nitrogens with one attached hydrogen (secondary N) is 1. The smallest absolute Gasteiger partial charge is 0.242 e. The molecular formula is C14H19BrClNO3S. The Labute approximate surface area is 139 Å². The van der Waals surface area contributed by atoms with Gasteiger partial charge in [-0.3, -0.25) is 0 Å². The van der Waals surface area contributed by atoms with E-state index in [0.29, 0.717) is 0 Å². The Morgan fingerprint density at radius 2 is 2.00 bits per heavy atom. The zero-order valence-electron chi connectivity index (χ0n) is 11.6. The molecule has 1 aromatic rings. The zero-order valence-corrected chi connectivity index (χ0v) is 14.7. The number of hydrogen-bond donors (Lipinski definition) is 2. The summed E-state index contributed by atoms with van der Waals surface area (Å²) >= 11 is 9.30. The van der Waals surface area contributed by atoms with Crippen LogP contribution in [-0.4, -0.2) is 26.2 Å². The van der Waals surface area contributed by atoms with Crippen LogP contribution in [0.25, 0.3) is 0 Å². The fourth-order valence-electron chi connectivity index (χ4n) is 2.71. The van der Waals surface area contributed by atoms with E-state index >= 15 is 0 Å². The van der Waals surface area contributed by atoms with Crippen LogP contribution < -0.4 is 4.72 Å². The predicted octanol–water partition coefficient (Wildman–Crippen LogP) is 3.32. The summed E-state index contributed by atoms with van der Waals surface area (Å²) in [7, 11) is -3.68. The molecule has 0 aromatic heterocycles. The minimum atomic E-state index is -3.68. The van der Waals surface area contributed by atoms with Crippen molar-refractivity contribution in [3.8, 4) is 0 Å². The Hall–Kier alpha value is -0.140. The summed E-state index contributed by atoms with van der Waals surface area (Å²) in [6.45, 7) is 0.00125. The molecule has 2 rings (SSSR count). The van der Waals surface area contributed by atoms with E-state index in [-0.39, 0.29) is 28.5 Å². The number of benzene rings is 1. The van der Waals surface area contributed by atoms with Gasteiger partial charge in [-0.15, -0.1) is 0 Å². The van der Waals surface area contributed by atoms with Crippen molar-refractivity contribution in [2.24, 2.45) is 5.92 Å². The lowest BCUT2D eigenvalue weighted by Crippen LogP contribution is -2.41. The van der Waals surface area contributed by atoms with Crippen LogP contribution in [-0.2, 0) is 10.0 Å². The minimum Gasteiger partial charge on any atom is -0.396 e. The van der Waals surface area contributed by atoms with E-state index in [1.165, 1.54) is 6.07 Å². The van der Waals surface area contributed by atoms with Crippen molar-refractivity contribution in [1.29, 1.82) is 0 Å². The van der Waals surface area contributed by atoms with Gasteiger partial charge in [0, 0.05) is 17.1 Å². The first-order valence-corrected chi connectivity index (χ1v) is 9.67. The zero-order chi connectivity index (χ0) is 15.5. The van der Waals surface area contributed by atoms with Crippen LogP contribution in [0, 0.1) is 5.92 Å². The van der Waals surface area contributed by atoms with Gasteiger partial charge >= 0.3 is 0 Å². The Kier molecular flexibility index (Phi) is 6.08. The largest absolute Gasteiger partial charge is 0.396 e. The lowest BCUT2D eigenvalue weighted by atomic mass is 9.97. The van der Waals surface area contributed by atoms with Crippen molar-refractivity contribution < 1.29 is 13.5 Å². The van der Waals surface area contributed by atoms with Gasteiger partial charge in [-0.1, -0.05) is 46.8 Å². The Balaban J connectivity index is 2.23. The molecule has 0 heterocycles. The fourth-order valence-corrected chi connectivity index (χ4v) is 5.09. The second-order valence-corrected chi connectivity index (χ2v) is 8.39. The minimum absolute atomic E-state index is 0.00125. The summed E-state index contributed by atoms with van der Waals surface area (Å²) in [5, 5.41) is 9.66. The SMILES string of the molecule is O=S(=O)(N[C@@H]1CCCCC[C@H]1CO)c1ccc(Br)cc1Cl. The van der Waals surface area contributed by atoms with Gasteiger partial charge in [0.05, 0.1) is 5.02 Å². The third-order valence-corrected chi connectivity index (χ3v) is 6.35. The van der Waals surface area contributed by atoms with E-state index in [4.69, 9.17) is 11.6 Å². The molecule has 0 saturated heterocycles. The highest BCUT2D eigenvalue weighted by Gasteiger charge is 2.29. The normalized spacial score (nSPS) is 23.8. The molecule has 1 aromatic carbocycles. The molecule has 1 aliphatic rings. The summed E-state index contributed by atoms with van der Waals surface area (Å²) in [4.78, 5) is 0.0771. The number of halogens is 2. The van der Waals surface area contributed by atoms with Gasteiger partial charge in [-0.2, -0.15) is 0 Å². The number of rotatable bonds is 4. The average molecular weight is 397 g/mol. The van der Waals surface area contributed by atoms with Gasteiger partial charge in [0.15, 0.2) is 0 Å². The number of aliphatic hydroxyl groups excluding tert-OH is 1. The van der Waals surface area contributed by atoms with Crippen molar-refractivity contribution in [2.45, 2.75) is 43.0 Å². The Bertz CT molecular complexity index is 594. The number of hydrogen-bond acceptors (Lipinski definition) is 3. The average Bonchev–Trinajstić information content (AvgIpc) is 2.62. The third-order valence-electron chi connectivity index (χ3n) is 3.88. The first kappa shape index (κ1) is 17.2. The lowest BCUT2D eigenvalue weighted by Gasteiger charge is -2.24. The fraction of sp³-hybridized carbons (Fsp3) is 0.571. The molecule has 0 spiro atoms. The van der Waals surface area contributed by atoms with Crippen molar-refractivity contribution in [3.63, 3.8) is 0 Å². The summed E-state index contributed by atoms with van der Waals surface area (Å²) in [5.41, 5.74) is 0. The second kappa shape index (κ2) is 7.42. The molecule has 0 radical (unpaired) electrons. The maximum Gasteiger partial charge on any atom is 0.242 e. The maximum absolute atomic E-state index is 12.5. The monoisotopic (exact) mass is 395 g/mol. The van der Waals surface area contributed by atoms with E-state index in [0.717, 1.165) is 36.6 Å². The molecule has 21 heavy (non-hydrogen) atoms. The molecule has 0 amide bonds. The van der Waals surface area contributed by atoms with Crippen molar-refractivity contribution >= 4 is 37.6 Å². The van der Waals surface area contributed by atoms with Crippen LogP contribution in [0.4, 0.5) is 0 Å². The quantitative estimate of drug-likeness (QED) is 0.767. The van der Waals surface area contributed by atoms with Gasteiger partial charge < -0.3 is 5.11 Å². The molecular weight excluding hydrogens is 378 g/mol. The standard InChI is InChI=1S/C14H19BrClNO3S/c15-11-6-7-14(12(16)8-11)21(19,20)17-13-5-3-1-2-4-10(13)9-18/h6-8,10,13,17-18H,1-5,9H2/t10-,13+/m0/s1. The lowest BCUT2D eigenvalue weighted by molar-refractivity contribution is 0.191. The van der Waals surface area contributed by atoms with E-state index < -0.39 is 10.0 Å². The number of aliphatic hydroxyl groups is 1. The molecule has 0 unspecified atom stereocenters. The first-order valence-electron chi connectivity index (χ1n) is 7.02. The molecule has 1 aliphatic carbocycles. The van der Waals surface area contributed by atoms with E-state index in [1.54, 1.807) is 12.1 Å². The van der Waals surface area contributed by atoms with Crippen LogP contribution >= 0.6 is 27.5 Å². The summed E-state index contributed by atoms with van der Waals surface area (Å²) in [6.07, 6.45) is 4.67. The Morgan fingerprint density at radius 1 is 1.29 bits per heavy atom. The van der Waals surface area contributed by atoms with Crippen LogP contribution in [0.15, 0.2) is 27.6 Å². The van der Waals surface area contributed by atoms with Crippen molar-refractivity contribution in [2.75, 3.05) is 6.61 Å². The Morgan fingerprint density at radius 3 is 2.67 bits per heavy atom. The second-order valence-electron chi connectivity index (χ2n) is 5.38. The van der Waals surface area contributed by atoms with Gasteiger partial charge in [-0.25, -0.2) is 13.1 Å².